The van der Waals surface area contributed by atoms with E-state index in [1.807, 2.05) is 0 Å². The molecule has 3 atom stereocenters. The molecule has 0 aromatic rings. The number of hydrogen-bond acceptors (Lipinski definition) is 2. The molecule has 2 nitrogen and oxygen atoms in total. The highest BCUT2D eigenvalue weighted by Crippen LogP contribution is 2.32. The molecular weight excluding hydrogens is 234 g/mol. The fourth-order valence-electron chi connectivity index (χ4n) is 3.24. The van der Waals surface area contributed by atoms with Crippen LogP contribution in [0.3, 0.4) is 0 Å². The minimum Gasteiger partial charge on any atom is -0.371 e. The normalized spacial score (nSPS) is 36.5. The van der Waals surface area contributed by atoms with Crippen molar-refractivity contribution in [3.05, 3.63) is 0 Å². The zero-order valence-corrected chi connectivity index (χ0v) is 11.9. The Morgan fingerprint density at radius 3 is 2.59 bits per heavy atom. The van der Waals surface area contributed by atoms with Crippen LogP contribution < -0.4 is 5.32 Å². The van der Waals surface area contributed by atoms with Crippen LogP contribution in [0.15, 0.2) is 0 Å². The average Bonchev–Trinajstić information content (AvgIpc) is 2.85. The van der Waals surface area contributed by atoms with Gasteiger partial charge >= 0.3 is 0 Å². The lowest BCUT2D eigenvalue weighted by Gasteiger charge is -2.21. The molecule has 0 bridgehead atoms. The molecule has 2 rings (SSSR count). The summed E-state index contributed by atoms with van der Waals surface area (Å²) in [4.78, 5) is 0. The quantitative estimate of drug-likeness (QED) is 0.766. The second-order valence-corrected chi connectivity index (χ2v) is 6.61. The van der Waals surface area contributed by atoms with Gasteiger partial charge in [0.1, 0.15) is 0 Å². The van der Waals surface area contributed by atoms with Gasteiger partial charge in [0.05, 0.1) is 11.7 Å². The van der Waals surface area contributed by atoms with Crippen molar-refractivity contribution < 1.29 is 4.74 Å². The van der Waals surface area contributed by atoms with Crippen molar-refractivity contribution in [1.29, 1.82) is 0 Å². The monoisotopic (exact) mass is 259 g/mol. The number of alkyl halides is 1. The van der Waals surface area contributed by atoms with E-state index in [2.05, 4.69) is 19.2 Å². The number of ether oxygens (including phenoxy) is 1. The van der Waals surface area contributed by atoms with Gasteiger partial charge in [-0.15, -0.1) is 11.6 Å². The van der Waals surface area contributed by atoms with Crippen LogP contribution in [0.5, 0.6) is 0 Å². The Kier molecular flexibility index (Phi) is 4.73. The SMILES string of the molecule is CC1(C)CCC(CNCC2CCCC2CCl)O1. The van der Waals surface area contributed by atoms with Gasteiger partial charge in [-0.1, -0.05) is 6.42 Å². The number of halogens is 1. The summed E-state index contributed by atoms with van der Waals surface area (Å²) in [5.74, 6) is 2.37. The van der Waals surface area contributed by atoms with Crippen molar-refractivity contribution in [2.75, 3.05) is 19.0 Å². The average molecular weight is 260 g/mol. The summed E-state index contributed by atoms with van der Waals surface area (Å²) in [5, 5.41) is 3.59. The first-order valence-electron chi connectivity index (χ1n) is 7.05. The maximum Gasteiger partial charge on any atom is 0.0707 e. The molecular formula is C14H26ClNO. The fraction of sp³-hybridized carbons (Fsp3) is 1.00. The van der Waals surface area contributed by atoms with E-state index >= 15 is 0 Å². The van der Waals surface area contributed by atoms with E-state index in [4.69, 9.17) is 16.3 Å². The zero-order chi connectivity index (χ0) is 12.3. The van der Waals surface area contributed by atoms with Gasteiger partial charge < -0.3 is 10.1 Å². The topological polar surface area (TPSA) is 21.3 Å². The van der Waals surface area contributed by atoms with Gasteiger partial charge in [-0.3, -0.25) is 0 Å². The Labute approximate surface area is 110 Å². The van der Waals surface area contributed by atoms with Crippen LogP contribution in [0.4, 0.5) is 0 Å². The molecule has 1 aliphatic heterocycles. The van der Waals surface area contributed by atoms with Gasteiger partial charge in [-0.2, -0.15) is 0 Å². The van der Waals surface area contributed by atoms with Crippen molar-refractivity contribution in [3.63, 3.8) is 0 Å². The summed E-state index contributed by atoms with van der Waals surface area (Å²) >= 11 is 5.99. The summed E-state index contributed by atoms with van der Waals surface area (Å²) in [7, 11) is 0. The summed E-state index contributed by atoms with van der Waals surface area (Å²) in [6, 6.07) is 0. The molecule has 17 heavy (non-hydrogen) atoms. The minimum absolute atomic E-state index is 0.0956. The van der Waals surface area contributed by atoms with Gasteiger partial charge in [0, 0.05) is 12.4 Å². The first-order valence-corrected chi connectivity index (χ1v) is 7.59. The second-order valence-electron chi connectivity index (χ2n) is 6.30. The molecule has 1 N–H and O–H groups in total. The molecule has 0 aromatic heterocycles. The highest BCUT2D eigenvalue weighted by atomic mass is 35.5. The number of rotatable bonds is 5. The summed E-state index contributed by atoms with van der Waals surface area (Å²) in [6.07, 6.45) is 6.83. The van der Waals surface area contributed by atoms with E-state index in [-0.39, 0.29) is 5.60 Å². The molecule has 3 unspecified atom stereocenters. The Balaban J connectivity index is 1.63. The molecule has 0 radical (unpaired) electrons. The summed E-state index contributed by atoms with van der Waals surface area (Å²) in [5.41, 5.74) is 0.0956. The molecule has 100 valence electrons. The third-order valence-electron chi connectivity index (χ3n) is 4.35. The lowest BCUT2D eigenvalue weighted by atomic mass is 9.98. The summed E-state index contributed by atoms with van der Waals surface area (Å²) in [6.45, 7) is 6.51. The van der Waals surface area contributed by atoms with Crippen molar-refractivity contribution in [3.8, 4) is 0 Å². The van der Waals surface area contributed by atoms with Gasteiger partial charge in [0.25, 0.3) is 0 Å². The molecule has 1 heterocycles. The lowest BCUT2D eigenvalue weighted by Crippen LogP contribution is -2.33. The van der Waals surface area contributed by atoms with Crippen LogP contribution in [0.25, 0.3) is 0 Å². The van der Waals surface area contributed by atoms with Gasteiger partial charge in [-0.05, 0) is 57.9 Å². The smallest absolute Gasteiger partial charge is 0.0707 e. The highest BCUT2D eigenvalue weighted by Gasteiger charge is 2.32. The first-order chi connectivity index (χ1) is 8.11. The second kappa shape index (κ2) is 5.90. The van der Waals surface area contributed by atoms with Gasteiger partial charge in [0.2, 0.25) is 0 Å². The van der Waals surface area contributed by atoms with Crippen LogP contribution in [-0.4, -0.2) is 30.7 Å². The highest BCUT2D eigenvalue weighted by molar-refractivity contribution is 6.18. The van der Waals surface area contributed by atoms with Crippen LogP contribution >= 0.6 is 11.6 Å². The lowest BCUT2D eigenvalue weighted by molar-refractivity contribution is -0.0145. The van der Waals surface area contributed by atoms with Crippen LogP contribution in [0.2, 0.25) is 0 Å². The maximum absolute atomic E-state index is 5.99. The van der Waals surface area contributed by atoms with E-state index in [9.17, 15) is 0 Å². The molecule has 0 amide bonds. The first kappa shape index (κ1) is 13.6. The van der Waals surface area contributed by atoms with Crippen LogP contribution in [-0.2, 0) is 4.74 Å². The van der Waals surface area contributed by atoms with Crippen molar-refractivity contribution >= 4 is 11.6 Å². The van der Waals surface area contributed by atoms with Crippen molar-refractivity contribution in [1.82, 2.24) is 5.32 Å². The van der Waals surface area contributed by atoms with Crippen molar-refractivity contribution in [2.45, 2.75) is 57.7 Å². The molecule has 2 aliphatic rings. The van der Waals surface area contributed by atoms with Crippen molar-refractivity contribution in [2.24, 2.45) is 11.8 Å². The van der Waals surface area contributed by atoms with E-state index in [0.717, 1.165) is 30.8 Å². The van der Waals surface area contributed by atoms with E-state index < -0.39 is 0 Å². The Morgan fingerprint density at radius 2 is 1.94 bits per heavy atom. The molecule has 1 saturated carbocycles. The molecule has 0 aromatic carbocycles. The van der Waals surface area contributed by atoms with Gasteiger partial charge in [-0.25, -0.2) is 0 Å². The molecule has 1 saturated heterocycles. The third-order valence-corrected chi connectivity index (χ3v) is 4.74. The maximum atomic E-state index is 5.99. The number of nitrogens with one attached hydrogen (secondary N) is 1. The van der Waals surface area contributed by atoms with E-state index in [1.54, 1.807) is 0 Å². The van der Waals surface area contributed by atoms with Gasteiger partial charge in [0.15, 0.2) is 0 Å². The predicted octanol–water partition coefficient (Wildman–Crippen LogP) is 3.19. The Morgan fingerprint density at radius 1 is 1.18 bits per heavy atom. The van der Waals surface area contributed by atoms with Crippen LogP contribution in [0, 0.1) is 11.8 Å². The fourth-order valence-corrected chi connectivity index (χ4v) is 3.64. The molecule has 1 aliphatic carbocycles. The van der Waals surface area contributed by atoms with E-state index in [0.29, 0.717) is 6.10 Å². The van der Waals surface area contributed by atoms with E-state index in [1.165, 1.54) is 32.1 Å². The minimum atomic E-state index is 0.0956. The number of hydrogen-bond donors (Lipinski definition) is 1. The molecule has 3 heteroatoms. The molecule has 0 spiro atoms. The predicted molar refractivity (Wildman–Crippen MR) is 72.6 cm³/mol. The van der Waals surface area contributed by atoms with Crippen LogP contribution in [0.1, 0.15) is 46.0 Å². The standard InChI is InChI=1S/C14H26ClNO/c1-14(2)7-6-13(17-14)10-16-9-12-5-3-4-11(12)8-15/h11-13,16H,3-10H2,1-2H3. The summed E-state index contributed by atoms with van der Waals surface area (Å²) < 4.78 is 5.98. The molecule has 2 fully saturated rings. The zero-order valence-electron chi connectivity index (χ0n) is 11.2. The Hall–Kier alpha value is 0.210. The largest absolute Gasteiger partial charge is 0.371 e. The third kappa shape index (κ3) is 3.84. The Bertz CT molecular complexity index is 244.